The van der Waals surface area contributed by atoms with Crippen molar-refractivity contribution in [3.8, 4) is 11.5 Å². The number of ether oxygens (including phenoxy) is 1. The third kappa shape index (κ3) is 2.75. The van der Waals surface area contributed by atoms with Gasteiger partial charge in [0.05, 0.1) is 11.6 Å². The summed E-state index contributed by atoms with van der Waals surface area (Å²) >= 11 is 12.0. The van der Waals surface area contributed by atoms with Crippen molar-refractivity contribution in [3.63, 3.8) is 0 Å². The summed E-state index contributed by atoms with van der Waals surface area (Å²) in [5.41, 5.74) is 1.39. The van der Waals surface area contributed by atoms with Crippen molar-refractivity contribution in [2.45, 2.75) is 13.5 Å². The third-order valence-electron chi connectivity index (χ3n) is 2.39. The Labute approximate surface area is 115 Å². The van der Waals surface area contributed by atoms with Gasteiger partial charge < -0.3 is 9.84 Å². The van der Waals surface area contributed by atoms with Crippen LogP contribution in [0.5, 0.6) is 11.5 Å². The molecule has 0 unspecified atom stereocenters. The Bertz CT molecular complexity index is 573. The maximum atomic E-state index is 9.23. The number of pyridine rings is 1. The number of halogens is 2. The van der Waals surface area contributed by atoms with Crippen molar-refractivity contribution in [2.24, 2.45) is 0 Å². The number of aryl methyl sites for hydroxylation is 1. The third-order valence-corrected chi connectivity index (χ3v) is 3.19. The highest BCUT2D eigenvalue weighted by Gasteiger charge is 2.10. The van der Waals surface area contributed by atoms with E-state index < -0.39 is 0 Å². The van der Waals surface area contributed by atoms with Gasteiger partial charge in [-0.25, -0.2) is 0 Å². The number of rotatable bonds is 3. The van der Waals surface area contributed by atoms with Crippen molar-refractivity contribution in [2.75, 3.05) is 0 Å². The zero-order valence-electron chi connectivity index (χ0n) is 9.65. The normalized spacial score (nSPS) is 10.4. The van der Waals surface area contributed by atoms with Crippen molar-refractivity contribution >= 4 is 23.2 Å². The Morgan fingerprint density at radius 3 is 2.78 bits per heavy atom. The molecule has 1 aromatic heterocycles. The van der Waals surface area contributed by atoms with E-state index in [0.29, 0.717) is 27.1 Å². The Balaban J connectivity index is 2.39. The Hall–Kier alpha value is -1.29. The van der Waals surface area contributed by atoms with E-state index in [2.05, 4.69) is 4.98 Å². The minimum absolute atomic E-state index is 0.152. The zero-order chi connectivity index (χ0) is 13.1. The molecule has 18 heavy (non-hydrogen) atoms. The number of nitrogens with zero attached hydrogens (tertiary/aromatic N) is 1. The van der Waals surface area contributed by atoms with Gasteiger partial charge in [-0.1, -0.05) is 29.3 Å². The topological polar surface area (TPSA) is 42.4 Å². The van der Waals surface area contributed by atoms with E-state index in [1.807, 2.05) is 6.92 Å². The number of aliphatic hydroxyl groups is 1. The molecular weight excluding hydrogens is 273 g/mol. The van der Waals surface area contributed by atoms with Gasteiger partial charge in [-0.3, -0.25) is 4.98 Å². The quantitative estimate of drug-likeness (QED) is 0.926. The number of aromatic nitrogens is 1. The highest BCUT2D eigenvalue weighted by molar-refractivity contribution is 6.42. The summed E-state index contributed by atoms with van der Waals surface area (Å²) in [6.07, 6.45) is 1.57. The first-order valence-electron chi connectivity index (χ1n) is 5.30. The van der Waals surface area contributed by atoms with Crippen molar-refractivity contribution in [1.29, 1.82) is 0 Å². The number of hydrogen-bond acceptors (Lipinski definition) is 3. The molecule has 0 bridgehead atoms. The molecule has 94 valence electrons. The summed E-state index contributed by atoms with van der Waals surface area (Å²) in [4.78, 5) is 4.09. The summed E-state index contributed by atoms with van der Waals surface area (Å²) < 4.78 is 5.68. The van der Waals surface area contributed by atoms with Crippen LogP contribution in [0.1, 0.15) is 11.3 Å². The van der Waals surface area contributed by atoms with Gasteiger partial charge in [-0.2, -0.15) is 0 Å². The lowest BCUT2D eigenvalue weighted by Gasteiger charge is -2.11. The largest absolute Gasteiger partial charge is 0.455 e. The lowest BCUT2D eigenvalue weighted by atomic mass is 10.2. The Morgan fingerprint density at radius 2 is 2.06 bits per heavy atom. The summed E-state index contributed by atoms with van der Waals surface area (Å²) in [7, 11) is 0. The van der Waals surface area contributed by atoms with E-state index in [4.69, 9.17) is 27.9 Å². The first-order chi connectivity index (χ1) is 8.61. The molecule has 0 amide bonds. The number of aliphatic hydroxyl groups excluding tert-OH is 1. The lowest BCUT2D eigenvalue weighted by Crippen LogP contribution is -1.95. The smallest absolute Gasteiger partial charge is 0.147 e. The standard InChI is InChI=1S/C13H11Cl2NO2/c1-8-5-12(9(7-17)6-16-8)18-11-4-2-3-10(14)13(11)15/h2-6,17H,7H2,1H3. The van der Waals surface area contributed by atoms with E-state index in [1.54, 1.807) is 30.5 Å². The molecule has 0 atom stereocenters. The van der Waals surface area contributed by atoms with E-state index in [-0.39, 0.29) is 6.61 Å². The van der Waals surface area contributed by atoms with Gasteiger partial charge in [0.15, 0.2) is 0 Å². The lowest BCUT2D eigenvalue weighted by molar-refractivity contribution is 0.276. The molecule has 2 aromatic rings. The Morgan fingerprint density at radius 1 is 1.28 bits per heavy atom. The van der Waals surface area contributed by atoms with E-state index in [0.717, 1.165) is 5.69 Å². The summed E-state index contributed by atoms with van der Waals surface area (Å²) in [6.45, 7) is 1.69. The molecule has 1 aromatic carbocycles. The molecule has 0 saturated carbocycles. The van der Waals surface area contributed by atoms with Crippen LogP contribution in [-0.2, 0) is 6.61 Å². The van der Waals surface area contributed by atoms with Crippen LogP contribution in [0.25, 0.3) is 0 Å². The van der Waals surface area contributed by atoms with Crippen LogP contribution in [0.4, 0.5) is 0 Å². The van der Waals surface area contributed by atoms with E-state index >= 15 is 0 Å². The van der Waals surface area contributed by atoms with Crippen molar-refractivity contribution in [1.82, 2.24) is 4.98 Å². The van der Waals surface area contributed by atoms with Crippen molar-refractivity contribution < 1.29 is 9.84 Å². The van der Waals surface area contributed by atoms with Gasteiger partial charge in [0.25, 0.3) is 0 Å². The van der Waals surface area contributed by atoms with Crippen LogP contribution in [0, 0.1) is 6.92 Å². The average molecular weight is 284 g/mol. The highest BCUT2D eigenvalue weighted by Crippen LogP contribution is 2.35. The predicted molar refractivity (Wildman–Crippen MR) is 71.4 cm³/mol. The second-order valence-electron chi connectivity index (χ2n) is 3.75. The second kappa shape index (κ2) is 5.57. The molecule has 0 aliphatic rings. The SMILES string of the molecule is Cc1cc(Oc2cccc(Cl)c2Cl)c(CO)cn1. The fraction of sp³-hybridized carbons (Fsp3) is 0.154. The molecule has 1 heterocycles. The first kappa shape index (κ1) is 13.1. The number of hydrogen-bond donors (Lipinski definition) is 1. The predicted octanol–water partition coefficient (Wildman–Crippen LogP) is 3.98. The summed E-state index contributed by atoms with van der Waals surface area (Å²) in [5.74, 6) is 0.971. The molecule has 5 heteroatoms. The molecule has 0 spiro atoms. The number of benzene rings is 1. The average Bonchev–Trinajstić information content (AvgIpc) is 2.35. The van der Waals surface area contributed by atoms with E-state index in [9.17, 15) is 5.11 Å². The molecule has 0 aliphatic heterocycles. The van der Waals surface area contributed by atoms with Gasteiger partial charge in [0.2, 0.25) is 0 Å². The first-order valence-corrected chi connectivity index (χ1v) is 6.05. The van der Waals surface area contributed by atoms with Crippen molar-refractivity contribution in [3.05, 3.63) is 51.8 Å². The van der Waals surface area contributed by atoms with E-state index in [1.165, 1.54) is 0 Å². The molecule has 0 fully saturated rings. The van der Waals surface area contributed by atoms with Crippen LogP contribution < -0.4 is 4.74 Å². The second-order valence-corrected chi connectivity index (χ2v) is 4.53. The minimum Gasteiger partial charge on any atom is -0.455 e. The van der Waals surface area contributed by atoms with Gasteiger partial charge in [-0.05, 0) is 19.1 Å². The fourth-order valence-corrected chi connectivity index (χ4v) is 1.79. The molecule has 0 aliphatic carbocycles. The fourth-order valence-electron chi connectivity index (χ4n) is 1.46. The highest BCUT2D eigenvalue weighted by atomic mass is 35.5. The molecule has 0 saturated heterocycles. The minimum atomic E-state index is -0.152. The van der Waals surface area contributed by atoms with Crippen LogP contribution in [0.2, 0.25) is 10.0 Å². The van der Waals surface area contributed by atoms with Crippen LogP contribution in [-0.4, -0.2) is 10.1 Å². The summed E-state index contributed by atoms with van der Waals surface area (Å²) in [6, 6.07) is 6.88. The van der Waals surface area contributed by atoms with Crippen LogP contribution in [0.15, 0.2) is 30.5 Å². The van der Waals surface area contributed by atoms with Gasteiger partial charge in [0, 0.05) is 23.5 Å². The van der Waals surface area contributed by atoms with Gasteiger partial charge >= 0.3 is 0 Å². The Kier molecular flexibility index (Phi) is 4.07. The molecule has 0 radical (unpaired) electrons. The monoisotopic (exact) mass is 283 g/mol. The van der Waals surface area contributed by atoms with Crippen LogP contribution in [0.3, 0.4) is 0 Å². The molecule has 1 N–H and O–H groups in total. The molecule has 2 rings (SSSR count). The summed E-state index contributed by atoms with van der Waals surface area (Å²) in [5, 5.41) is 10.00. The van der Waals surface area contributed by atoms with Gasteiger partial charge in [-0.15, -0.1) is 0 Å². The van der Waals surface area contributed by atoms with Crippen LogP contribution >= 0.6 is 23.2 Å². The van der Waals surface area contributed by atoms with Gasteiger partial charge in [0.1, 0.15) is 16.5 Å². The zero-order valence-corrected chi connectivity index (χ0v) is 11.2. The maximum absolute atomic E-state index is 9.23. The maximum Gasteiger partial charge on any atom is 0.147 e. The molecule has 3 nitrogen and oxygen atoms in total. The molecular formula is C13H11Cl2NO2.